The molecule has 0 fully saturated rings. The summed E-state index contributed by atoms with van der Waals surface area (Å²) in [5.74, 6) is 0.889. The standard InChI is InChI=1S/C25H24N2OS/c1-4-17-27-24(20-13-15-21(16-14-20)28-5-2)18(3)29-25(27)26-23-12-8-10-19-9-6-7-11-22(19)23/h4,6-16H,1,5,17H2,2-3H3. The molecule has 3 aromatic carbocycles. The number of hydrogen-bond acceptors (Lipinski definition) is 3. The molecule has 3 nitrogen and oxygen atoms in total. The highest BCUT2D eigenvalue weighted by Crippen LogP contribution is 2.29. The largest absolute Gasteiger partial charge is 0.494 e. The Morgan fingerprint density at radius 1 is 1.03 bits per heavy atom. The van der Waals surface area contributed by atoms with E-state index in [1.54, 1.807) is 11.3 Å². The Hall–Kier alpha value is -3.11. The van der Waals surface area contributed by atoms with Crippen LogP contribution >= 0.6 is 11.3 Å². The second-order valence-electron chi connectivity index (χ2n) is 6.76. The topological polar surface area (TPSA) is 26.5 Å². The zero-order valence-electron chi connectivity index (χ0n) is 16.8. The molecule has 0 aliphatic carbocycles. The first-order chi connectivity index (χ1) is 14.2. The molecule has 0 radical (unpaired) electrons. The Morgan fingerprint density at radius 3 is 2.55 bits per heavy atom. The van der Waals surface area contributed by atoms with Crippen LogP contribution in [0.15, 0.2) is 84.4 Å². The highest BCUT2D eigenvalue weighted by atomic mass is 32.1. The lowest BCUT2D eigenvalue weighted by Crippen LogP contribution is -2.14. The summed E-state index contributed by atoms with van der Waals surface area (Å²) in [5, 5.41) is 2.36. The Kier molecular flexibility index (Phi) is 5.63. The number of thiazole rings is 1. The Bertz CT molecular complexity index is 1210. The number of nitrogens with zero attached hydrogens (tertiary/aromatic N) is 2. The third-order valence-electron chi connectivity index (χ3n) is 4.81. The summed E-state index contributed by atoms with van der Waals surface area (Å²) in [5.41, 5.74) is 3.32. The molecule has 0 aliphatic rings. The quantitative estimate of drug-likeness (QED) is 0.340. The number of ether oxygens (including phenoxy) is 1. The number of allylic oxidation sites excluding steroid dienone is 1. The van der Waals surface area contributed by atoms with Crippen molar-refractivity contribution in [1.82, 2.24) is 4.57 Å². The molecule has 0 bridgehead atoms. The highest BCUT2D eigenvalue weighted by molar-refractivity contribution is 7.09. The fourth-order valence-corrected chi connectivity index (χ4v) is 4.57. The van der Waals surface area contributed by atoms with Gasteiger partial charge in [-0.2, -0.15) is 0 Å². The number of hydrogen-bond donors (Lipinski definition) is 0. The lowest BCUT2D eigenvalue weighted by molar-refractivity contribution is 0.340. The second kappa shape index (κ2) is 8.50. The number of aromatic nitrogens is 1. The third-order valence-corrected chi connectivity index (χ3v) is 5.81. The van der Waals surface area contributed by atoms with E-state index in [2.05, 4.69) is 72.7 Å². The van der Waals surface area contributed by atoms with E-state index in [1.165, 1.54) is 16.0 Å². The van der Waals surface area contributed by atoms with Crippen LogP contribution in [0.1, 0.15) is 11.8 Å². The molecule has 0 aliphatic heterocycles. The van der Waals surface area contributed by atoms with Gasteiger partial charge in [0.1, 0.15) is 5.75 Å². The van der Waals surface area contributed by atoms with Gasteiger partial charge in [-0.3, -0.25) is 0 Å². The molecule has 0 saturated carbocycles. The van der Waals surface area contributed by atoms with Crippen molar-refractivity contribution in [2.24, 2.45) is 4.99 Å². The van der Waals surface area contributed by atoms with Crippen molar-refractivity contribution in [3.63, 3.8) is 0 Å². The maximum absolute atomic E-state index is 5.59. The van der Waals surface area contributed by atoms with E-state index >= 15 is 0 Å². The fraction of sp³-hybridized carbons (Fsp3) is 0.160. The molecule has 0 spiro atoms. The number of aryl methyl sites for hydroxylation is 1. The van der Waals surface area contributed by atoms with Crippen molar-refractivity contribution in [1.29, 1.82) is 0 Å². The van der Waals surface area contributed by atoms with Gasteiger partial charge in [0, 0.05) is 16.8 Å². The van der Waals surface area contributed by atoms with Gasteiger partial charge in [-0.05, 0) is 55.1 Å². The first kappa shape index (κ1) is 19.2. The van der Waals surface area contributed by atoms with E-state index in [0.717, 1.165) is 27.2 Å². The van der Waals surface area contributed by atoms with Crippen LogP contribution in [0.5, 0.6) is 5.75 Å². The van der Waals surface area contributed by atoms with E-state index in [4.69, 9.17) is 9.73 Å². The van der Waals surface area contributed by atoms with E-state index < -0.39 is 0 Å². The highest BCUT2D eigenvalue weighted by Gasteiger charge is 2.13. The number of benzene rings is 3. The van der Waals surface area contributed by atoms with Gasteiger partial charge in [-0.25, -0.2) is 4.99 Å². The zero-order valence-corrected chi connectivity index (χ0v) is 17.6. The van der Waals surface area contributed by atoms with Gasteiger partial charge < -0.3 is 9.30 Å². The first-order valence-electron chi connectivity index (χ1n) is 9.78. The molecular weight excluding hydrogens is 376 g/mol. The van der Waals surface area contributed by atoms with Gasteiger partial charge in [0.05, 0.1) is 18.0 Å². The van der Waals surface area contributed by atoms with Crippen LogP contribution in [-0.2, 0) is 6.54 Å². The van der Waals surface area contributed by atoms with Gasteiger partial charge in [0.2, 0.25) is 0 Å². The third kappa shape index (κ3) is 3.89. The van der Waals surface area contributed by atoms with Crippen LogP contribution in [0.25, 0.3) is 22.0 Å². The predicted molar refractivity (Wildman–Crippen MR) is 123 cm³/mol. The average molecular weight is 401 g/mol. The van der Waals surface area contributed by atoms with Crippen molar-refractivity contribution >= 4 is 27.8 Å². The summed E-state index contributed by atoms with van der Waals surface area (Å²) < 4.78 is 7.83. The normalized spacial score (nSPS) is 11.7. The van der Waals surface area contributed by atoms with Crippen molar-refractivity contribution < 1.29 is 4.74 Å². The molecule has 1 heterocycles. The summed E-state index contributed by atoms with van der Waals surface area (Å²) in [7, 11) is 0. The molecule has 4 rings (SSSR count). The molecule has 0 N–H and O–H groups in total. The lowest BCUT2D eigenvalue weighted by Gasteiger charge is -2.09. The average Bonchev–Trinajstić information content (AvgIpc) is 3.04. The van der Waals surface area contributed by atoms with Crippen LogP contribution < -0.4 is 9.54 Å². The molecular formula is C25H24N2OS. The molecule has 1 aromatic heterocycles. The van der Waals surface area contributed by atoms with Crippen LogP contribution in [0, 0.1) is 6.92 Å². The maximum atomic E-state index is 5.59. The zero-order chi connectivity index (χ0) is 20.2. The van der Waals surface area contributed by atoms with Crippen molar-refractivity contribution in [3.05, 3.63) is 89.1 Å². The Morgan fingerprint density at radius 2 is 1.79 bits per heavy atom. The molecule has 0 atom stereocenters. The van der Waals surface area contributed by atoms with E-state index in [1.807, 2.05) is 25.1 Å². The summed E-state index contributed by atoms with van der Waals surface area (Å²) in [4.78, 5) is 7.26. The number of rotatable bonds is 6. The van der Waals surface area contributed by atoms with Crippen LogP contribution in [-0.4, -0.2) is 11.2 Å². The smallest absolute Gasteiger partial charge is 0.190 e. The van der Waals surface area contributed by atoms with Crippen LogP contribution in [0.2, 0.25) is 0 Å². The minimum Gasteiger partial charge on any atom is -0.494 e. The molecule has 4 aromatic rings. The fourth-order valence-electron chi connectivity index (χ4n) is 3.55. The number of fused-ring (bicyclic) bond motifs is 1. The summed E-state index contributed by atoms with van der Waals surface area (Å²) >= 11 is 1.71. The van der Waals surface area contributed by atoms with Crippen molar-refractivity contribution in [3.8, 4) is 17.0 Å². The lowest BCUT2D eigenvalue weighted by atomic mass is 10.1. The van der Waals surface area contributed by atoms with E-state index in [-0.39, 0.29) is 0 Å². The molecule has 29 heavy (non-hydrogen) atoms. The van der Waals surface area contributed by atoms with Crippen LogP contribution in [0.3, 0.4) is 0 Å². The minimum absolute atomic E-state index is 0.668. The maximum Gasteiger partial charge on any atom is 0.190 e. The monoisotopic (exact) mass is 400 g/mol. The second-order valence-corrected chi connectivity index (χ2v) is 7.94. The summed E-state index contributed by atoms with van der Waals surface area (Å²) in [6.07, 6.45) is 1.92. The van der Waals surface area contributed by atoms with Crippen molar-refractivity contribution in [2.75, 3.05) is 6.61 Å². The van der Waals surface area contributed by atoms with Gasteiger partial charge >= 0.3 is 0 Å². The molecule has 0 unspecified atom stereocenters. The van der Waals surface area contributed by atoms with Gasteiger partial charge in [-0.1, -0.05) is 42.5 Å². The van der Waals surface area contributed by atoms with Gasteiger partial charge in [0.15, 0.2) is 4.80 Å². The molecule has 4 heteroatoms. The summed E-state index contributed by atoms with van der Waals surface area (Å²) in [6.45, 7) is 9.48. The van der Waals surface area contributed by atoms with Crippen LogP contribution in [0.4, 0.5) is 5.69 Å². The predicted octanol–water partition coefficient (Wildman–Crippen LogP) is 6.50. The molecule has 0 saturated heterocycles. The SMILES string of the molecule is C=CCn1c(-c2ccc(OCC)cc2)c(C)sc1=Nc1cccc2ccccc12. The Balaban J connectivity index is 1.88. The van der Waals surface area contributed by atoms with E-state index in [9.17, 15) is 0 Å². The Labute approximate surface area is 175 Å². The molecule has 0 amide bonds. The van der Waals surface area contributed by atoms with Gasteiger partial charge in [-0.15, -0.1) is 17.9 Å². The van der Waals surface area contributed by atoms with Gasteiger partial charge in [0.25, 0.3) is 0 Å². The summed E-state index contributed by atoms with van der Waals surface area (Å²) in [6, 6.07) is 22.9. The minimum atomic E-state index is 0.668. The molecule has 146 valence electrons. The first-order valence-corrected chi connectivity index (χ1v) is 10.6. The van der Waals surface area contributed by atoms with Crippen molar-refractivity contribution in [2.45, 2.75) is 20.4 Å². The van der Waals surface area contributed by atoms with E-state index in [0.29, 0.717) is 13.2 Å².